The monoisotopic (exact) mass is 224 g/mol. The summed E-state index contributed by atoms with van der Waals surface area (Å²) in [6, 6.07) is 0.673. The van der Waals surface area contributed by atoms with Crippen LogP contribution in [0, 0.1) is 0 Å². The van der Waals surface area contributed by atoms with Gasteiger partial charge in [0.2, 0.25) is 0 Å². The van der Waals surface area contributed by atoms with Gasteiger partial charge in [-0.3, -0.25) is 4.68 Å². The summed E-state index contributed by atoms with van der Waals surface area (Å²) in [5.41, 5.74) is 1.11. The Morgan fingerprint density at radius 1 is 1.38 bits per heavy atom. The van der Waals surface area contributed by atoms with Gasteiger partial charge in [0.15, 0.2) is 0 Å². The van der Waals surface area contributed by atoms with Crippen molar-refractivity contribution >= 4 is 0 Å². The number of hydrogen-bond donors (Lipinski definition) is 1. The van der Waals surface area contributed by atoms with E-state index in [-0.39, 0.29) is 0 Å². The summed E-state index contributed by atoms with van der Waals surface area (Å²) in [7, 11) is 1.91. The molecule has 0 radical (unpaired) electrons. The van der Waals surface area contributed by atoms with Crippen molar-refractivity contribution in [3.63, 3.8) is 0 Å². The number of nitrogens with one attached hydrogen (secondary N) is 1. The summed E-state index contributed by atoms with van der Waals surface area (Å²) in [5.74, 6) is 0. The van der Waals surface area contributed by atoms with E-state index in [9.17, 15) is 0 Å². The summed E-state index contributed by atoms with van der Waals surface area (Å²) in [4.78, 5) is 0. The van der Waals surface area contributed by atoms with E-state index in [0.717, 1.165) is 18.7 Å². The molecule has 1 aromatic rings. The quantitative estimate of drug-likeness (QED) is 0.733. The molecule has 92 valence electrons. The van der Waals surface area contributed by atoms with Gasteiger partial charge in [0.05, 0.1) is 5.69 Å². The van der Waals surface area contributed by atoms with Crippen LogP contribution in [0.15, 0.2) is 6.20 Å². The molecular weight excluding hydrogens is 200 g/mol. The van der Waals surface area contributed by atoms with E-state index in [0.29, 0.717) is 6.04 Å². The van der Waals surface area contributed by atoms with Crippen molar-refractivity contribution in [1.29, 1.82) is 0 Å². The smallest absolute Gasteiger partial charge is 0.0827 e. The van der Waals surface area contributed by atoms with Gasteiger partial charge in [-0.1, -0.05) is 25.5 Å². The van der Waals surface area contributed by atoms with Gasteiger partial charge in [-0.2, -0.15) is 0 Å². The van der Waals surface area contributed by atoms with E-state index >= 15 is 0 Å². The molecule has 4 nitrogen and oxygen atoms in total. The van der Waals surface area contributed by atoms with Crippen LogP contribution >= 0.6 is 0 Å². The molecule has 1 aromatic heterocycles. The number of rotatable bonds is 8. The van der Waals surface area contributed by atoms with Crippen molar-refractivity contribution in [1.82, 2.24) is 20.3 Å². The van der Waals surface area contributed by atoms with Gasteiger partial charge in [-0.15, -0.1) is 5.10 Å². The lowest BCUT2D eigenvalue weighted by Gasteiger charge is -2.16. The lowest BCUT2D eigenvalue weighted by molar-refractivity contribution is 0.447. The molecule has 16 heavy (non-hydrogen) atoms. The summed E-state index contributed by atoms with van der Waals surface area (Å²) in [6.07, 6.45) is 7.99. The second-order valence-corrected chi connectivity index (χ2v) is 4.32. The predicted molar refractivity (Wildman–Crippen MR) is 66.3 cm³/mol. The fraction of sp³-hybridized carbons (Fsp3) is 0.833. The minimum absolute atomic E-state index is 0.673. The Morgan fingerprint density at radius 3 is 2.75 bits per heavy atom. The highest BCUT2D eigenvalue weighted by Crippen LogP contribution is 2.08. The second-order valence-electron chi connectivity index (χ2n) is 4.32. The minimum atomic E-state index is 0.673. The van der Waals surface area contributed by atoms with Crippen LogP contribution < -0.4 is 5.32 Å². The highest BCUT2D eigenvalue weighted by Gasteiger charge is 2.06. The molecular formula is C12H24N4. The first-order valence-electron chi connectivity index (χ1n) is 6.34. The molecule has 1 N–H and O–H groups in total. The van der Waals surface area contributed by atoms with Crippen molar-refractivity contribution in [2.24, 2.45) is 7.05 Å². The Morgan fingerprint density at radius 2 is 2.19 bits per heavy atom. The second kappa shape index (κ2) is 7.39. The van der Waals surface area contributed by atoms with Crippen molar-refractivity contribution in [3.05, 3.63) is 11.9 Å². The maximum absolute atomic E-state index is 4.10. The number of aromatic nitrogens is 3. The van der Waals surface area contributed by atoms with Crippen LogP contribution in [-0.2, 0) is 13.5 Å². The molecule has 1 unspecified atom stereocenters. The zero-order valence-electron chi connectivity index (χ0n) is 10.7. The average molecular weight is 224 g/mol. The number of nitrogens with zero attached hydrogens (tertiary/aromatic N) is 3. The van der Waals surface area contributed by atoms with Crippen LogP contribution in [0.2, 0.25) is 0 Å². The lowest BCUT2D eigenvalue weighted by atomic mass is 10.0. The molecule has 0 amide bonds. The van der Waals surface area contributed by atoms with Crippen molar-refractivity contribution in [2.75, 3.05) is 6.54 Å². The Kier molecular flexibility index (Phi) is 6.08. The molecule has 1 atom stereocenters. The maximum atomic E-state index is 4.10. The molecule has 0 aliphatic carbocycles. The van der Waals surface area contributed by atoms with E-state index < -0.39 is 0 Å². The van der Waals surface area contributed by atoms with E-state index in [2.05, 4.69) is 29.5 Å². The molecule has 0 aliphatic rings. The third kappa shape index (κ3) is 4.75. The molecule has 0 spiro atoms. The van der Waals surface area contributed by atoms with Crippen molar-refractivity contribution in [3.8, 4) is 0 Å². The van der Waals surface area contributed by atoms with Gasteiger partial charge in [-0.25, -0.2) is 0 Å². The Bertz CT molecular complexity index is 276. The van der Waals surface area contributed by atoms with Crippen LogP contribution in [0.5, 0.6) is 0 Å². The normalized spacial score (nSPS) is 12.9. The zero-order valence-corrected chi connectivity index (χ0v) is 10.7. The van der Waals surface area contributed by atoms with Gasteiger partial charge in [-0.05, 0) is 32.2 Å². The zero-order chi connectivity index (χ0) is 11.8. The van der Waals surface area contributed by atoms with Gasteiger partial charge in [0.25, 0.3) is 0 Å². The third-order valence-electron chi connectivity index (χ3n) is 2.77. The first-order valence-corrected chi connectivity index (χ1v) is 6.34. The molecule has 1 rings (SSSR count). The standard InChI is InChI=1S/C12H24N4/c1-4-7-11(13-5-2)8-6-9-12-10-16(3)15-14-12/h10-11,13H,4-9H2,1-3H3. The number of aryl methyl sites for hydroxylation is 2. The minimum Gasteiger partial charge on any atom is -0.314 e. The van der Waals surface area contributed by atoms with Crippen LogP contribution in [0.3, 0.4) is 0 Å². The molecule has 1 heterocycles. The molecule has 4 heteroatoms. The molecule has 0 saturated heterocycles. The predicted octanol–water partition coefficient (Wildman–Crippen LogP) is 1.92. The van der Waals surface area contributed by atoms with Gasteiger partial charge < -0.3 is 5.32 Å². The van der Waals surface area contributed by atoms with Crippen LogP contribution in [0.1, 0.15) is 45.2 Å². The van der Waals surface area contributed by atoms with E-state index in [1.54, 1.807) is 4.68 Å². The van der Waals surface area contributed by atoms with E-state index in [1.165, 1.54) is 25.7 Å². The van der Waals surface area contributed by atoms with Crippen molar-refractivity contribution in [2.45, 2.75) is 52.0 Å². The van der Waals surface area contributed by atoms with Gasteiger partial charge in [0.1, 0.15) is 0 Å². The molecule has 0 fully saturated rings. The third-order valence-corrected chi connectivity index (χ3v) is 2.77. The molecule has 0 saturated carbocycles. The highest BCUT2D eigenvalue weighted by molar-refractivity contribution is 4.91. The van der Waals surface area contributed by atoms with E-state index in [4.69, 9.17) is 0 Å². The first-order chi connectivity index (χ1) is 7.76. The van der Waals surface area contributed by atoms with Crippen LogP contribution in [0.25, 0.3) is 0 Å². The van der Waals surface area contributed by atoms with Gasteiger partial charge in [0, 0.05) is 19.3 Å². The summed E-state index contributed by atoms with van der Waals surface area (Å²) >= 11 is 0. The fourth-order valence-electron chi connectivity index (χ4n) is 2.03. The maximum Gasteiger partial charge on any atom is 0.0827 e. The largest absolute Gasteiger partial charge is 0.314 e. The van der Waals surface area contributed by atoms with Gasteiger partial charge >= 0.3 is 0 Å². The average Bonchev–Trinajstić information content (AvgIpc) is 2.65. The Hall–Kier alpha value is -0.900. The lowest BCUT2D eigenvalue weighted by Crippen LogP contribution is -2.28. The van der Waals surface area contributed by atoms with E-state index in [1.807, 2.05) is 13.2 Å². The summed E-state index contributed by atoms with van der Waals surface area (Å²) in [6.45, 7) is 5.48. The molecule has 0 aliphatic heterocycles. The van der Waals surface area contributed by atoms with Crippen LogP contribution in [0.4, 0.5) is 0 Å². The SMILES string of the molecule is CCCC(CCCc1cn(C)nn1)NCC. The molecule has 0 aromatic carbocycles. The fourth-order valence-corrected chi connectivity index (χ4v) is 2.03. The van der Waals surface area contributed by atoms with Crippen molar-refractivity contribution < 1.29 is 0 Å². The highest BCUT2D eigenvalue weighted by atomic mass is 15.4. The topological polar surface area (TPSA) is 42.7 Å². The summed E-state index contributed by atoms with van der Waals surface area (Å²) in [5, 5.41) is 11.6. The summed E-state index contributed by atoms with van der Waals surface area (Å²) < 4.78 is 1.77. The molecule has 0 bridgehead atoms. The Balaban J connectivity index is 2.21. The Labute approximate surface area is 98.4 Å². The first kappa shape index (κ1) is 13.2. The van der Waals surface area contributed by atoms with Crippen LogP contribution in [-0.4, -0.2) is 27.6 Å². The number of hydrogen-bond acceptors (Lipinski definition) is 3.